The van der Waals surface area contributed by atoms with E-state index < -0.39 is 5.60 Å². The van der Waals surface area contributed by atoms with Gasteiger partial charge in [0, 0.05) is 37.6 Å². The molecule has 4 N–H and O–H groups in total. The van der Waals surface area contributed by atoms with E-state index in [0.29, 0.717) is 18.9 Å². The lowest BCUT2D eigenvalue weighted by molar-refractivity contribution is -0.136. The van der Waals surface area contributed by atoms with Gasteiger partial charge in [0.25, 0.3) is 0 Å². The third-order valence-electron chi connectivity index (χ3n) is 8.41. The van der Waals surface area contributed by atoms with Crippen molar-refractivity contribution in [3.05, 3.63) is 71.8 Å². The minimum Gasteiger partial charge on any atom is -0.383 e. The van der Waals surface area contributed by atoms with E-state index in [1.807, 2.05) is 42.2 Å². The number of carbonyl (C=O) groups excluding carboxylic acids is 1. The van der Waals surface area contributed by atoms with Gasteiger partial charge < -0.3 is 26.0 Å². The van der Waals surface area contributed by atoms with Gasteiger partial charge in [0.05, 0.1) is 12.6 Å². The standard InChI is InChI=1S/C29H40N4O2/c1-21(30)26-13-8-14-27(31-26)28(34)33-20-29(35,24-11-6-3-7-12-24)17-25(33)19-32-16-15-23(18-32)22-9-4-2-5-10-22/h2-7,9-12,21,23,25-27,31,35H,8,13-20,30H2,1H3. The smallest absolute Gasteiger partial charge is 0.240 e. The van der Waals surface area contributed by atoms with Crippen molar-refractivity contribution in [2.24, 2.45) is 5.73 Å². The van der Waals surface area contributed by atoms with Crippen molar-refractivity contribution in [3.8, 4) is 0 Å². The molecule has 6 nitrogen and oxygen atoms in total. The molecule has 2 aromatic carbocycles. The van der Waals surface area contributed by atoms with Gasteiger partial charge in [0.2, 0.25) is 5.91 Å². The molecule has 5 rings (SSSR count). The van der Waals surface area contributed by atoms with Crippen molar-refractivity contribution >= 4 is 5.91 Å². The predicted octanol–water partition coefficient (Wildman–Crippen LogP) is 2.82. The van der Waals surface area contributed by atoms with E-state index in [2.05, 4.69) is 40.5 Å². The van der Waals surface area contributed by atoms with Crippen LogP contribution in [0, 0.1) is 0 Å². The molecule has 3 aliphatic rings. The molecule has 0 aliphatic carbocycles. The van der Waals surface area contributed by atoms with Gasteiger partial charge in [-0.05, 0) is 56.2 Å². The molecule has 0 bridgehead atoms. The Hall–Kier alpha value is -2.25. The summed E-state index contributed by atoms with van der Waals surface area (Å²) >= 11 is 0. The zero-order valence-electron chi connectivity index (χ0n) is 20.9. The highest BCUT2D eigenvalue weighted by atomic mass is 16.3. The van der Waals surface area contributed by atoms with E-state index >= 15 is 0 Å². The first-order valence-electron chi connectivity index (χ1n) is 13.3. The Kier molecular flexibility index (Phi) is 7.26. The van der Waals surface area contributed by atoms with Crippen molar-refractivity contribution in [2.75, 3.05) is 26.2 Å². The number of aliphatic hydroxyl groups is 1. The molecule has 3 fully saturated rings. The molecule has 35 heavy (non-hydrogen) atoms. The molecular formula is C29H40N4O2. The highest BCUT2D eigenvalue weighted by Crippen LogP contribution is 2.38. The maximum atomic E-state index is 13.9. The van der Waals surface area contributed by atoms with Crippen LogP contribution in [0.1, 0.15) is 56.1 Å². The van der Waals surface area contributed by atoms with Gasteiger partial charge >= 0.3 is 0 Å². The van der Waals surface area contributed by atoms with Gasteiger partial charge in [-0.2, -0.15) is 0 Å². The van der Waals surface area contributed by atoms with E-state index in [1.165, 1.54) is 5.56 Å². The average molecular weight is 477 g/mol. The maximum Gasteiger partial charge on any atom is 0.240 e. The van der Waals surface area contributed by atoms with Gasteiger partial charge in [-0.3, -0.25) is 4.79 Å². The van der Waals surface area contributed by atoms with E-state index in [0.717, 1.165) is 50.9 Å². The summed E-state index contributed by atoms with van der Waals surface area (Å²) < 4.78 is 0. The first-order valence-corrected chi connectivity index (χ1v) is 13.3. The SMILES string of the molecule is CC(N)C1CCCC(C(=O)N2CC(O)(c3ccccc3)CC2CN2CCC(c3ccccc3)C2)N1. The van der Waals surface area contributed by atoms with E-state index in [-0.39, 0.29) is 30.1 Å². The fraction of sp³-hybridized carbons (Fsp3) is 0.552. The number of nitrogens with two attached hydrogens (primary N) is 1. The summed E-state index contributed by atoms with van der Waals surface area (Å²) in [6.45, 7) is 5.18. The molecule has 0 aromatic heterocycles. The molecule has 3 aliphatic heterocycles. The van der Waals surface area contributed by atoms with Crippen LogP contribution in [-0.4, -0.2) is 71.2 Å². The van der Waals surface area contributed by atoms with Crippen LogP contribution in [0.15, 0.2) is 60.7 Å². The lowest BCUT2D eigenvalue weighted by Gasteiger charge is -2.37. The zero-order valence-corrected chi connectivity index (χ0v) is 20.9. The quantitative estimate of drug-likeness (QED) is 0.597. The van der Waals surface area contributed by atoms with E-state index in [9.17, 15) is 9.90 Å². The Morgan fingerprint density at radius 1 is 1.11 bits per heavy atom. The van der Waals surface area contributed by atoms with Crippen molar-refractivity contribution in [2.45, 2.75) is 74.7 Å². The number of benzene rings is 2. The summed E-state index contributed by atoms with van der Waals surface area (Å²) in [6, 6.07) is 20.5. The molecule has 188 valence electrons. The van der Waals surface area contributed by atoms with Crippen LogP contribution in [0.25, 0.3) is 0 Å². The molecule has 3 saturated heterocycles. The number of nitrogens with zero attached hydrogens (tertiary/aromatic N) is 2. The van der Waals surface area contributed by atoms with Crippen LogP contribution in [-0.2, 0) is 10.4 Å². The normalized spacial score (nSPS) is 32.6. The number of nitrogens with one attached hydrogen (secondary N) is 1. The van der Waals surface area contributed by atoms with Crippen molar-refractivity contribution in [1.82, 2.24) is 15.1 Å². The molecule has 6 heteroatoms. The Balaban J connectivity index is 1.33. The average Bonchev–Trinajstić information content (AvgIpc) is 3.50. The van der Waals surface area contributed by atoms with Crippen molar-refractivity contribution in [3.63, 3.8) is 0 Å². The number of rotatable bonds is 6. The molecule has 2 aromatic rings. The van der Waals surface area contributed by atoms with Crippen molar-refractivity contribution in [1.29, 1.82) is 0 Å². The number of piperidine rings is 1. The predicted molar refractivity (Wildman–Crippen MR) is 139 cm³/mol. The summed E-state index contributed by atoms with van der Waals surface area (Å²) in [5, 5.41) is 15.3. The van der Waals surface area contributed by atoms with Gasteiger partial charge in [0.1, 0.15) is 5.60 Å². The van der Waals surface area contributed by atoms with Gasteiger partial charge in [-0.1, -0.05) is 60.7 Å². The zero-order chi connectivity index (χ0) is 24.4. The number of hydrogen-bond donors (Lipinski definition) is 3. The highest BCUT2D eigenvalue weighted by Gasteiger charge is 2.48. The number of β-amino-alcohol motifs (C(OH)–C–C–N with tert-alkyl or cyclic N) is 1. The second-order valence-electron chi connectivity index (χ2n) is 11.0. The largest absolute Gasteiger partial charge is 0.383 e. The molecule has 1 amide bonds. The van der Waals surface area contributed by atoms with Crippen LogP contribution >= 0.6 is 0 Å². The van der Waals surface area contributed by atoms with Crippen molar-refractivity contribution < 1.29 is 9.90 Å². The number of hydrogen-bond acceptors (Lipinski definition) is 5. The summed E-state index contributed by atoms with van der Waals surface area (Å²) in [5.41, 5.74) is 7.44. The number of amides is 1. The van der Waals surface area contributed by atoms with Crippen LogP contribution in [0.3, 0.4) is 0 Å². The van der Waals surface area contributed by atoms with E-state index in [1.54, 1.807) is 0 Å². The van der Waals surface area contributed by atoms with Crippen LogP contribution < -0.4 is 11.1 Å². The lowest BCUT2D eigenvalue weighted by atomic mass is 9.91. The Morgan fingerprint density at radius 3 is 2.54 bits per heavy atom. The highest BCUT2D eigenvalue weighted by molar-refractivity contribution is 5.83. The summed E-state index contributed by atoms with van der Waals surface area (Å²) in [4.78, 5) is 18.3. The maximum absolute atomic E-state index is 13.9. The summed E-state index contributed by atoms with van der Waals surface area (Å²) in [6.07, 6.45) is 4.54. The molecule has 3 heterocycles. The Bertz CT molecular complexity index is 985. The fourth-order valence-corrected chi connectivity index (χ4v) is 6.42. The van der Waals surface area contributed by atoms with Gasteiger partial charge in [-0.25, -0.2) is 0 Å². The topological polar surface area (TPSA) is 81.8 Å². The van der Waals surface area contributed by atoms with Crippen LogP contribution in [0.4, 0.5) is 0 Å². The first-order chi connectivity index (χ1) is 16.9. The molecule has 0 spiro atoms. The number of likely N-dealkylation sites (tertiary alicyclic amines) is 2. The minimum absolute atomic E-state index is 0.0142. The van der Waals surface area contributed by atoms with E-state index in [4.69, 9.17) is 5.73 Å². The molecule has 6 atom stereocenters. The fourth-order valence-electron chi connectivity index (χ4n) is 6.42. The second-order valence-corrected chi connectivity index (χ2v) is 11.0. The minimum atomic E-state index is -1.02. The Morgan fingerprint density at radius 2 is 1.83 bits per heavy atom. The second kappa shape index (κ2) is 10.4. The van der Waals surface area contributed by atoms with Gasteiger partial charge in [0.15, 0.2) is 0 Å². The third kappa shape index (κ3) is 5.31. The summed E-state index contributed by atoms with van der Waals surface area (Å²) in [5.74, 6) is 0.646. The Labute approximate surface area is 209 Å². The third-order valence-corrected chi connectivity index (χ3v) is 8.41. The summed E-state index contributed by atoms with van der Waals surface area (Å²) in [7, 11) is 0. The van der Waals surface area contributed by atoms with Crippen LogP contribution in [0.5, 0.6) is 0 Å². The molecule has 6 unspecified atom stereocenters. The van der Waals surface area contributed by atoms with Gasteiger partial charge in [-0.15, -0.1) is 0 Å². The lowest BCUT2D eigenvalue weighted by Crippen LogP contribution is -2.58. The van der Waals surface area contributed by atoms with Crippen LogP contribution in [0.2, 0.25) is 0 Å². The first kappa shape index (κ1) is 24.4. The molecule has 0 saturated carbocycles. The molecule has 0 radical (unpaired) electrons. The molecular weight excluding hydrogens is 436 g/mol. The monoisotopic (exact) mass is 476 g/mol. The number of carbonyl (C=O) groups is 1.